The molecule has 3 nitrogen and oxygen atoms in total. The van der Waals surface area contributed by atoms with E-state index in [0.717, 1.165) is 0 Å². The van der Waals surface area contributed by atoms with Crippen LogP contribution in [0.15, 0.2) is 11.6 Å². The van der Waals surface area contributed by atoms with Crippen molar-refractivity contribution in [3.63, 3.8) is 0 Å². The third kappa shape index (κ3) is 1.43. The zero-order valence-corrected chi connectivity index (χ0v) is 5.46. The highest BCUT2D eigenvalue weighted by molar-refractivity contribution is 6.00. The summed E-state index contributed by atoms with van der Waals surface area (Å²) < 4.78 is 0. The van der Waals surface area contributed by atoms with Crippen LogP contribution >= 0.6 is 0 Å². The zero-order chi connectivity index (χ0) is 7.56. The summed E-state index contributed by atoms with van der Waals surface area (Å²) in [7, 11) is 0. The molecule has 0 aliphatic heterocycles. The first-order chi connectivity index (χ1) is 4.70. The summed E-state index contributed by atoms with van der Waals surface area (Å²) in [5.74, 6) is -0.941. The molecule has 1 N–H and O–H groups in total. The quantitative estimate of drug-likeness (QED) is 0.615. The minimum absolute atomic E-state index is 0.0117. The molecule has 0 atom stereocenters. The van der Waals surface area contributed by atoms with E-state index in [2.05, 4.69) is 0 Å². The van der Waals surface area contributed by atoms with E-state index in [-0.39, 0.29) is 12.2 Å². The number of carbonyl (C=O) groups is 2. The van der Waals surface area contributed by atoms with Gasteiger partial charge in [-0.15, -0.1) is 0 Å². The lowest BCUT2D eigenvalue weighted by atomic mass is 10.1. The van der Waals surface area contributed by atoms with Gasteiger partial charge in [0.25, 0.3) is 0 Å². The molecule has 3 heteroatoms. The van der Waals surface area contributed by atoms with Crippen LogP contribution in [-0.4, -0.2) is 16.9 Å². The van der Waals surface area contributed by atoms with Crippen molar-refractivity contribution < 1.29 is 14.7 Å². The fourth-order valence-electron chi connectivity index (χ4n) is 0.986. The lowest BCUT2D eigenvalue weighted by Crippen LogP contribution is -2.02. The maximum Gasteiger partial charge on any atom is 0.307 e. The van der Waals surface area contributed by atoms with E-state index >= 15 is 0 Å². The third-order valence-electron chi connectivity index (χ3n) is 1.46. The number of Topliss-reactive ketones (excluding diaryl/α,β-unsaturated/α-hetero) is 1. The lowest BCUT2D eigenvalue weighted by molar-refractivity contribution is -0.136. The summed E-state index contributed by atoms with van der Waals surface area (Å²) in [6.45, 7) is 0. The topological polar surface area (TPSA) is 54.4 Å². The fraction of sp³-hybridized carbons (Fsp3) is 0.429. The van der Waals surface area contributed by atoms with Gasteiger partial charge in [0.05, 0.1) is 6.42 Å². The van der Waals surface area contributed by atoms with E-state index in [4.69, 9.17) is 5.11 Å². The Morgan fingerprint density at radius 2 is 2.40 bits per heavy atom. The summed E-state index contributed by atoms with van der Waals surface area (Å²) in [6.07, 6.45) is 2.79. The maximum absolute atomic E-state index is 10.8. The molecule has 0 unspecified atom stereocenters. The Morgan fingerprint density at radius 3 is 2.80 bits per heavy atom. The molecule has 0 amide bonds. The van der Waals surface area contributed by atoms with E-state index in [0.29, 0.717) is 18.4 Å². The highest BCUT2D eigenvalue weighted by Gasteiger charge is 2.16. The first-order valence-electron chi connectivity index (χ1n) is 3.14. The Labute approximate surface area is 58.4 Å². The van der Waals surface area contributed by atoms with Crippen molar-refractivity contribution >= 4 is 11.8 Å². The molecule has 0 saturated carbocycles. The smallest absolute Gasteiger partial charge is 0.307 e. The molecule has 0 aromatic carbocycles. The van der Waals surface area contributed by atoms with Crippen LogP contribution in [0.1, 0.15) is 19.3 Å². The normalized spacial score (nSPS) is 17.2. The van der Waals surface area contributed by atoms with Gasteiger partial charge in [-0.05, 0) is 6.42 Å². The Kier molecular flexibility index (Phi) is 1.85. The van der Waals surface area contributed by atoms with Gasteiger partial charge in [-0.1, -0.05) is 6.08 Å². The molecule has 1 rings (SSSR count). The largest absolute Gasteiger partial charge is 0.481 e. The van der Waals surface area contributed by atoms with E-state index in [1.54, 1.807) is 6.08 Å². The average molecular weight is 140 g/mol. The van der Waals surface area contributed by atoms with Gasteiger partial charge in [0, 0.05) is 12.0 Å². The van der Waals surface area contributed by atoms with Gasteiger partial charge < -0.3 is 5.11 Å². The minimum atomic E-state index is -0.929. The molecule has 0 bridgehead atoms. The van der Waals surface area contributed by atoms with Gasteiger partial charge >= 0.3 is 5.97 Å². The molecule has 1 aliphatic rings. The summed E-state index contributed by atoms with van der Waals surface area (Å²) in [5.41, 5.74) is 0.465. The second-order valence-corrected chi connectivity index (χ2v) is 2.26. The van der Waals surface area contributed by atoms with Gasteiger partial charge in [-0.3, -0.25) is 9.59 Å². The molecule has 0 aromatic rings. The van der Waals surface area contributed by atoms with Crippen molar-refractivity contribution in [2.75, 3.05) is 0 Å². The summed E-state index contributed by atoms with van der Waals surface area (Å²) in [6, 6.07) is 0. The van der Waals surface area contributed by atoms with Crippen LogP contribution in [-0.2, 0) is 9.59 Å². The van der Waals surface area contributed by atoms with E-state index in [9.17, 15) is 9.59 Å². The van der Waals surface area contributed by atoms with Crippen LogP contribution in [0.25, 0.3) is 0 Å². The molecule has 0 saturated heterocycles. The number of rotatable bonds is 2. The van der Waals surface area contributed by atoms with Crippen LogP contribution in [0.5, 0.6) is 0 Å². The Morgan fingerprint density at radius 1 is 1.70 bits per heavy atom. The van der Waals surface area contributed by atoms with Gasteiger partial charge in [0.1, 0.15) is 0 Å². The number of hydrogen-bond donors (Lipinski definition) is 1. The molecular weight excluding hydrogens is 132 g/mol. The van der Waals surface area contributed by atoms with Crippen molar-refractivity contribution in [3.8, 4) is 0 Å². The van der Waals surface area contributed by atoms with Crippen LogP contribution in [0, 0.1) is 0 Å². The van der Waals surface area contributed by atoms with Crippen LogP contribution in [0.3, 0.4) is 0 Å². The SMILES string of the molecule is O=C(O)CC1=CCCC1=O. The minimum Gasteiger partial charge on any atom is -0.481 e. The van der Waals surface area contributed by atoms with E-state index in [1.165, 1.54) is 0 Å². The maximum atomic E-state index is 10.8. The first-order valence-corrected chi connectivity index (χ1v) is 3.14. The second-order valence-electron chi connectivity index (χ2n) is 2.26. The highest BCUT2D eigenvalue weighted by atomic mass is 16.4. The number of carbonyl (C=O) groups excluding carboxylic acids is 1. The number of aliphatic carboxylic acids is 1. The fourth-order valence-corrected chi connectivity index (χ4v) is 0.986. The van der Waals surface area contributed by atoms with Crippen molar-refractivity contribution in [3.05, 3.63) is 11.6 Å². The van der Waals surface area contributed by atoms with E-state index in [1.807, 2.05) is 0 Å². The summed E-state index contributed by atoms with van der Waals surface area (Å²) in [5, 5.41) is 8.30. The van der Waals surface area contributed by atoms with Gasteiger partial charge in [0.2, 0.25) is 0 Å². The predicted octanol–water partition coefficient (Wildman–Crippen LogP) is 0.750. The van der Waals surface area contributed by atoms with Crippen molar-refractivity contribution in [2.24, 2.45) is 0 Å². The Balaban J connectivity index is 2.56. The third-order valence-corrected chi connectivity index (χ3v) is 1.46. The van der Waals surface area contributed by atoms with Gasteiger partial charge in [-0.25, -0.2) is 0 Å². The van der Waals surface area contributed by atoms with Crippen molar-refractivity contribution in [1.29, 1.82) is 0 Å². The van der Waals surface area contributed by atoms with Crippen LogP contribution in [0.2, 0.25) is 0 Å². The number of carboxylic acid groups (broad SMARTS) is 1. The standard InChI is InChI=1S/C7H8O3/c8-6-3-1-2-5(6)4-7(9)10/h2H,1,3-4H2,(H,9,10). The van der Waals surface area contributed by atoms with E-state index < -0.39 is 5.97 Å². The molecule has 0 fully saturated rings. The number of carboxylic acids is 1. The molecule has 0 heterocycles. The van der Waals surface area contributed by atoms with Crippen molar-refractivity contribution in [2.45, 2.75) is 19.3 Å². The first kappa shape index (κ1) is 6.99. The summed E-state index contributed by atoms with van der Waals surface area (Å²) >= 11 is 0. The monoisotopic (exact) mass is 140 g/mol. The molecule has 0 radical (unpaired) electrons. The van der Waals surface area contributed by atoms with Gasteiger partial charge in [-0.2, -0.15) is 0 Å². The van der Waals surface area contributed by atoms with Gasteiger partial charge in [0.15, 0.2) is 5.78 Å². The molecular formula is C7H8O3. The summed E-state index contributed by atoms with van der Waals surface area (Å²) in [4.78, 5) is 20.9. The van der Waals surface area contributed by atoms with Crippen LogP contribution in [0.4, 0.5) is 0 Å². The number of hydrogen-bond acceptors (Lipinski definition) is 2. The molecule has 10 heavy (non-hydrogen) atoms. The zero-order valence-electron chi connectivity index (χ0n) is 5.46. The molecule has 54 valence electrons. The highest BCUT2D eigenvalue weighted by Crippen LogP contribution is 2.16. The predicted molar refractivity (Wildman–Crippen MR) is 34.6 cm³/mol. The number of allylic oxidation sites excluding steroid dienone is 1. The second kappa shape index (κ2) is 2.64. The molecule has 1 aliphatic carbocycles. The number of ketones is 1. The molecule has 0 aromatic heterocycles. The van der Waals surface area contributed by atoms with Crippen molar-refractivity contribution in [1.82, 2.24) is 0 Å². The Hall–Kier alpha value is -1.12. The molecule has 0 spiro atoms. The lowest BCUT2D eigenvalue weighted by Gasteiger charge is -1.92. The average Bonchev–Trinajstić information content (AvgIpc) is 2.15. The van der Waals surface area contributed by atoms with Crippen LogP contribution < -0.4 is 0 Å². The Bertz CT molecular complexity index is 203.